The Labute approximate surface area is 229 Å². The number of carbonyl (C=O) groups excluding carboxylic acids is 2. The number of anilines is 1. The van der Waals surface area contributed by atoms with E-state index in [1.165, 1.54) is 18.3 Å². The van der Waals surface area contributed by atoms with Gasteiger partial charge in [0.1, 0.15) is 5.76 Å². The summed E-state index contributed by atoms with van der Waals surface area (Å²) in [7, 11) is 0. The molecule has 40 heavy (non-hydrogen) atoms. The second-order valence-electron chi connectivity index (χ2n) is 9.36. The molecule has 1 aliphatic rings. The molecule has 1 unspecified atom stereocenters. The van der Waals surface area contributed by atoms with Gasteiger partial charge in [0.25, 0.3) is 17.5 Å². The highest BCUT2D eigenvalue weighted by molar-refractivity contribution is 5.97. The fourth-order valence-corrected chi connectivity index (χ4v) is 4.41. The highest BCUT2D eigenvalue weighted by Crippen LogP contribution is 2.25. The number of rotatable bonds is 8. The largest absolute Gasteiger partial charge is 0.451 e. The summed E-state index contributed by atoms with van der Waals surface area (Å²) in [5.74, 6) is -0.196. The predicted octanol–water partition coefficient (Wildman–Crippen LogP) is 3.31. The van der Waals surface area contributed by atoms with Crippen LogP contribution in [0.25, 0.3) is 22.6 Å². The van der Waals surface area contributed by atoms with E-state index in [0.717, 1.165) is 24.9 Å². The van der Waals surface area contributed by atoms with Crippen molar-refractivity contribution in [3.8, 4) is 22.6 Å². The number of piperidine rings is 1. The molecule has 1 atom stereocenters. The van der Waals surface area contributed by atoms with Gasteiger partial charge in [-0.05, 0) is 55.3 Å². The Kier molecular flexibility index (Phi) is 7.78. The smallest absolute Gasteiger partial charge is 0.287 e. The number of aromatic nitrogens is 2. The number of non-ortho nitro benzene ring substituents is 1. The number of nitrogens with zero attached hydrogens (tertiary/aromatic N) is 3. The molecule has 12 nitrogen and oxygen atoms in total. The van der Waals surface area contributed by atoms with E-state index in [4.69, 9.17) is 10.2 Å². The van der Waals surface area contributed by atoms with Crippen molar-refractivity contribution in [3.05, 3.63) is 94.0 Å². The number of furan rings is 1. The second kappa shape index (κ2) is 11.7. The summed E-state index contributed by atoms with van der Waals surface area (Å²) in [6, 6.07) is 16.4. The van der Waals surface area contributed by atoms with E-state index in [1.807, 2.05) is 24.3 Å². The SMILES string of the molecule is Nc1ncc(-c2cccc(CNC(=O)c3ccc(-c4ccc([N+](=O)[O-])cc4)o3)c2)nc1C(=O)NC1CCCNC1. The predicted molar refractivity (Wildman–Crippen MR) is 147 cm³/mol. The molecule has 0 saturated carbocycles. The Bertz CT molecular complexity index is 1540. The molecule has 1 aliphatic heterocycles. The molecule has 0 radical (unpaired) electrons. The van der Waals surface area contributed by atoms with Gasteiger partial charge in [0.2, 0.25) is 0 Å². The number of nitrogen functional groups attached to an aromatic ring is 1. The van der Waals surface area contributed by atoms with Gasteiger partial charge in [0.15, 0.2) is 17.3 Å². The molecular formula is C28H27N7O5. The van der Waals surface area contributed by atoms with Gasteiger partial charge in [-0.3, -0.25) is 19.7 Å². The molecule has 4 aromatic rings. The molecule has 1 fully saturated rings. The van der Waals surface area contributed by atoms with Gasteiger partial charge >= 0.3 is 0 Å². The van der Waals surface area contributed by atoms with Crippen LogP contribution < -0.4 is 21.7 Å². The van der Waals surface area contributed by atoms with E-state index in [1.54, 1.807) is 24.3 Å². The maximum absolute atomic E-state index is 12.8. The van der Waals surface area contributed by atoms with E-state index < -0.39 is 10.8 Å². The topological polar surface area (TPSA) is 178 Å². The van der Waals surface area contributed by atoms with Gasteiger partial charge in [0.05, 0.1) is 16.8 Å². The van der Waals surface area contributed by atoms with Crippen LogP contribution in [0.5, 0.6) is 0 Å². The van der Waals surface area contributed by atoms with Gasteiger partial charge in [-0.2, -0.15) is 0 Å². The Morgan fingerprint density at radius 1 is 1.10 bits per heavy atom. The third-order valence-corrected chi connectivity index (χ3v) is 6.52. The Morgan fingerprint density at radius 2 is 1.93 bits per heavy atom. The maximum Gasteiger partial charge on any atom is 0.287 e. The van der Waals surface area contributed by atoms with Crippen LogP contribution in [0.15, 0.2) is 71.3 Å². The van der Waals surface area contributed by atoms with E-state index in [9.17, 15) is 19.7 Å². The van der Waals surface area contributed by atoms with Crippen molar-refractivity contribution in [2.24, 2.45) is 0 Å². The summed E-state index contributed by atoms with van der Waals surface area (Å²) in [6.45, 7) is 1.85. The zero-order valence-electron chi connectivity index (χ0n) is 21.4. The lowest BCUT2D eigenvalue weighted by Gasteiger charge is -2.23. The van der Waals surface area contributed by atoms with Crippen molar-refractivity contribution in [2.75, 3.05) is 18.8 Å². The van der Waals surface area contributed by atoms with Crippen molar-refractivity contribution >= 4 is 23.3 Å². The van der Waals surface area contributed by atoms with Crippen LogP contribution >= 0.6 is 0 Å². The van der Waals surface area contributed by atoms with Crippen LogP contribution in [0.2, 0.25) is 0 Å². The van der Waals surface area contributed by atoms with E-state index >= 15 is 0 Å². The summed E-state index contributed by atoms with van der Waals surface area (Å²) in [5.41, 5.74) is 8.61. The first-order valence-corrected chi connectivity index (χ1v) is 12.7. The molecular weight excluding hydrogens is 514 g/mol. The Balaban J connectivity index is 1.24. The number of benzene rings is 2. The minimum Gasteiger partial charge on any atom is -0.451 e. The molecule has 12 heteroatoms. The first kappa shape index (κ1) is 26.5. The first-order chi connectivity index (χ1) is 19.4. The third kappa shape index (κ3) is 6.13. The van der Waals surface area contributed by atoms with Crippen molar-refractivity contribution in [3.63, 3.8) is 0 Å². The monoisotopic (exact) mass is 541 g/mol. The van der Waals surface area contributed by atoms with Gasteiger partial charge in [-0.15, -0.1) is 0 Å². The number of nitro groups is 1. The summed E-state index contributed by atoms with van der Waals surface area (Å²) in [6.07, 6.45) is 3.38. The summed E-state index contributed by atoms with van der Waals surface area (Å²) in [4.78, 5) is 44.6. The zero-order chi connectivity index (χ0) is 28.1. The van der Waals surface area contributed by atoms with Crippen LogP contribution in [-0.4, -0.2) is 45.8 Å². The van der Waals surface area contributed by atoms with E-state index in [0.29, 0.717) is 29.1 Å². The lowest BCUT2D eigenvalue weighted by Crippen LogP contribution is -2.46. The summed E-state index contributed by atoms with van der Waals surface area (Å²) in [5, 5.41) is 19.9. The normalized spacial score (nSPS) is 14.8. The molecule has 0 bridgehead atoms. The van der Waals surface area contributed by atoms with Gasteiger partial charge in [-0.25, -0.2) is 9.97 Å². The molecule has 2 aromatic heterocycles. The Hall–Kier alpha value is -5.10. The van der Waals surface area contributed by atoms with Gasteiger partial charge in [-0.1, -0.05) is 18.2 Å². The second-order valence-corrected chi connectivity index (χ2v) is 9.36. The average molecular weight is 542 g/mol. The maximum atomic E-state index is 12.8. The van der Waals surface area contributed by atoms with Crippen molar-refractivity contribution < 1.29 is 18.9 Å². The zero-order valence-corrected chi connectivity index (χ0v) is 21.4. The minimum absolute atomic E-state index is 0.0115. The van der Waals surface area contributed by atoms with E-state index in [-0.39, 0.29) is 41.5 Å². The lowest BCUT2D eigenvalue weighted by molar-refractivity contribution is -0.384. The average Bonchev–Trinajstić information content (AvgIpc) is 3.47. The molecule has 3 heterocycles. The minimum atomic E-state index is -0.481. The van der Waals surface area contributed by atoms with Gasteiger partial charge < -0.3 is 26.1 Å². The van der Waals surface area contributed by atoms with Crippen LogP contribution in [0.4, 0.5) is 11.5 Å². The number of nitrogens with one attached hydrogen (secondary N) is 3. The van der Waals surface area contributed by atoms with Crippen LogP contribution in [0, 0.1) is 10.1 Å². The number of hydrogen-bond donors (Lipinski definition) is 4. The van der Waals surface area contributed by atoms with Crippen molar-refractivity contribution in [2.45, 2.75) is 25.4 Å². The van der Waals surface area contributed by atoms with Crippen LogP contribution in [0.1, 0.15) is 39.4 Å². The van der Waals surface area contributed by atoms with Crippen LogP contribution in [0.3, 0.4) is 0 Å². The first-order valence-electron chi connectivity index (χ1n) is 12.7. The molecule has 2 amide bonds. The Morgan fingerprint density at radius 3 is 2.67 bits per heavy atom. The molecule has 204 valence electrons. The fraction of sp³-hybridized carbons (Fsp3) is 0.214. The number of hydrogen-bond acceptors (Lipinski definition) is 9. The standard InChI is InChI=1S/C28H27N7O5/c29-26-25(28(37)33-20-5-2-12-30-15-20)34-22(16-31-26)19-4-1-3-17(13-19)14-32-27(36)24-11-10-23(40-24)18-6-8-21(9-7-18)35(38)39/h1,3-4,6-11,13,16,20,30H,2,5,12,14-15H2,(H2,29,31)(H,32,36)(H,33,37). The quantitative estimate of drug-likeness (QED) is 0.192. The highest BCUT2D eigenvalue weighted by atomic mass is 16.6. The number of amides is 2. The fourth-order valence-electron chi connectivity index (χ4n) is 4.41. The van der Waals surface area contributed by atoms with Gasteiger partial charge in [0, 0.05) is 42.4 Å². The molecule has 0 spiro atoms. The van der Waals surface area contributed by atoms with E-state index in [2.05, 4.69) is 25.9 Å². The molecule has 5 N–H and O–H groups in total. The van der Waals surface area contributed by atoms with Crippen molar-refractivity contribution in [1.82, 2.24) is 25.9 Å². The van der Waals surface area contributed by atoms with Crippen molar-refractivity contribution in [1.29, 1.82) is 0 Å². The summed E-state index contributed by atoms with van der Waals surface area (Å²) < 4.78 is 5.66. The number of nitro benzene ring substituents is 1. The third-order valence-electron chi connectivity index (χ3n) is 6.52. The molecule has 0 aliphatic carbocycles. The molecule has 2 aromatic carbocycles. The highest BCUT2D eigenvalue weighted by Gasteiger charge is 2.20. The van der Waals surface area contributed by atoms with Crippen LogP contribution in [-0.2, 0) is 6.54 Å². The molecule has 1 saturated heterocycles. The lowest BCUT2D eigenvalue weighted by atomic mass is 10.1. The summed E-state index contributed by atoms with van der Waals surface area (Å²) >= 11 is 0. The number of nitrogens with two attached hydrogens (primary N) is 1. The molecule has 5 rings (SSSR count). The number of carbonyl (C=O) groups is 2.